The van der Waals surface area contributed by atoms with Crippen molar-refractivity contribution in [2.45, 2.75) is 25.7 Å². The number of nitrogens with one attached hydrogen (secondary N) is 1. The number of fused-ring (bicyclic) bond motifs is 1. The second kappa shape index (κ2) is 6.66. The van der Waals surface area contributed by atoms with E-state index >= 15 is 0 Å². The van der Waals surface area contributed by atoms with Gasteiger partial charge in [0.2, 0.25) is 5.88 Å². The molecule has 0 spiro atoms. The Morgan fingerprint density at radius 3 is 3.00 bits per heavy atom. The van der Waals surface area contributed by atoms with Gasteiger partial charge in [0.25, 0.3) is 0 Å². The van der Waals surface area contributed by atoms with Crippen molar-refractivity contribution in [2.75, 3.05) is 19.7 Å². The molecule has 0 bridgehead atoms. The summed E-state index contributed by atoms with van der Waals surface area (Å²) in [4.78, 5) is 8.81. The summed E-state index contributed by atoms with van der Waals surface area (Å²) < 4.78 is 5.71. The molecule has 1 saturated heterocycles. The average molecular weight is 271 g/mol. The van der Waals surface area contributed by atoms with Gasteiger partial charge in [-0.2, -0.15) is 0 Å². The van der Waals surface area contributed by atoms with Gasteiger partial charge in [0.15, 0.2) is 0 Å². The van der Waals surface area contributed by atoms with Crippen molar-refractivity contribution in [2.24, 2.45) is 5.92 Å². The molecule has 1 aromatic heterocycles. The number of ether oxygens (including phenoxy) is 1. The van der Waals surface area contributed by atoms with Gasteiger partial charge in [0, 0.05) is 0 Å². The summed E-state index contributed by atoms with van der Waals surface area (Å²) in [6.07, 6.45) is 6.68. The lowest BCUT2D eigenvalue weighted by Gasteiger charge is -2.22. The van der Waals surface area contributed by atoms with Crippen molar-refractivity contribution in [1.82, 2.24) is 15.3 Å². The van der Waals surface area contributed by atoms with E-state index in [1.165, 1.54) is 25.8 Å². The van der Waals surface area contributed by atoms with Crippen LogP contribution in [0.2, 0.25) is 0 Å². The predicted octanol–water partition coefficient (Wildman–Crippen LogP) is 2.79. The zero-order valence-corrected chi connectivity index (χ0v) is 11.7. The molecule has 20 heavy (non-hydrogen) atoms. The van der Waals surface area contributed by atoms with Gasteiger partial charge < -0.3 is 10.1 Å². The Bertz CT molecular complexity index is 552. The van der Waals surface area contributed by atoms with Crippen LogP contribution in [-0.4, -0.2) is 29.7 Å². The van der Waals surface area contributed by atoms with Gasteiger partial charge in [-0.25, -0.2) is 9.97 Å². The topological polar surface area (TPSA) is 47.0 Å². The van der Waals surface area contributed by atoms with Gasteiger partial charge in [-0.05, 0) is 56.8 Å². The molecule has 2 heterocycles. The number of hydrogen-bond donors (Lipinski definition) is 1. The maximum Gasteiger partial charge on any atom is 0.232 e. The molecule has 1 aliphatic heterocycles. The number of benzene rings is 1. The molecule has 0 saturated carbocycles. The Labute approximate surface area is 119 Å². The Hall–Kier alpha value is -1.68. The van der Waals surface area contributed by atoms with Gasteiger partial charge in [0.1, 0.15) is 0 Å². The molecule has 1 unspecified atom stereocenters. The second-order valence-electron chi connectivity index (χ2n) is 5.40. The highest BCUT2D eigenvalue weighted by Crippen LogP contribution is 2.17. The summed E-state index contributed by atoms with van der Waals surface area (Å²) >= 11 is 0. The molecule has 1 aromatic carbocycles. The fourth-order valence-electron chi connectivity index (χ4n) is 2.73. The van der Waals surface area contributed by atoms with Crippen LogP contribution in [0.1, 0.15) is 25.7 Å². The molecule has 1 N–H and O–H groups in total. The lowest BCUT2D eigenvalue weighted by Crippen LogP contribution is -2.29. The van der Waals surface area contributed by atoms with Gasteiger partial charge in [-0.3, -0.25) is 0 Å². The third-order valence-electron chi connectivity index (χ3n) is 3.83. The minimum absolute atomic E-state index is 0.630. The SMILES string of the molecule is c1ccc2nc(OCCCC3CCCNC3)cnc2c1. The van der Waals surface area contributed by atoms with E-state index in [4.69, 9.17) is 4.74 Å². The van der Waals surface area contributed by atoms with E-state index in [0.717, 1.165) is 36.5 Å². The molecule has 1 atom stereocenters. The molecule has 1 fully saturated rings. The molecule has 1 aliphatic rings. The molecule has 106 valence electrons. The molecular formula is C16H21N3O. The molecule has 4 nitrogen and oxygen atoms in total. The lowest BCUT2D eigenvalue weighted by molar-refractivity contribution is 0.268. The number of nitrogens with zero attached hydrogens (tertiary/aromatic N) is 2. The van der Waals surface area contributed by atoms with E-state index in [2.05, 4.69) is 15.3 Å². The molecule has 0 amide bonds. The highest BCUT2D eigenvalue weighted by atomic mass is 16.5. The van der Waals surface area contributed by atoms with Crippen LogP contribution in [0.25, 0.3) is 11.0 Å². The maximum atomic E-state index is 5.71. The van der Waals surface area contributed by atoms with Crippen LogP contribution in [0.4, 0.5) is 0 Å². The highest BCUT2D eigenvalue weighted by Gasteiger charge is 2.12. The first-order chi connectivity index (χ1) is 9.92. The maximum absolute atomic E-state index is 5.71. The fraction of sp³-hybridized carbons (Fsp3) is 0.500. The summed E-state index contributed by atoms with van der Waals surface area (Å²) in [7, 11) is 0. The Balaban J connectivity index is 1.47. The van der Waals surface area contributed by atoms with Crippen molar-refractivity contribution in [3.05, 3.63) is 30.5 Å². The molecule has 3 rings (SSSR count). The van der Waals surface area contributed by atoms with E-state index in [0.29, 0.717) is 5.88 Å². The van der Waals surface area contributed by atoms with Crippen molar-refractivity contribution < 1.29 is 4.74 Å². The summed E-state index contributed by atoms with van der Waals surface area (Å²) in [5, 5.41) is 3.45. The first kappa shape index (κ1) is 13.3. The first-order valence-electron chi connectivity index (χ1n) is 7.47. The standard InChI is InChI=1S/C16H21N3O/c1-2-8-15-14(7-1)18-12-16(19-15)20-10-4-6-13-5-3-9-17-11-13/h1-2,7-8,12-13,17H,3-6,9-11H2. The van der Waals surface area contributed by atoms with Crippen LogP contribution in [0.15, 0.2) is 30.5 Å². The third kappa shape index (κ3) is 3.45. The van der Waals surface area contributed by atoms with Crippen molar-refractivity contribution in [3.63, 3.8) is 0 Å². The van der Waals surface area contributed by atoms with Gasteiger partial charge in [-0.1, -0.05) is 12.1 Å². The number of aromatic nitrogens is 2. The fourth-order valence-corrected chi connectivity index (χ4v) is 2.73. The first-order valence-corrected chi connectivity index (χ1v) is 7.47. The molecule has 4 heteroatoms. The Kier molecular flexibility index (Phi) is 4.43. The zero-order valence-electron chi connectivity index (χ0n) is 11.7. The van der Waals surface area contributed by atoms with Gasteiger partial charge in [0.05, 0.1) is 23.8 Å². The summed E-state index contributed by atoms with van der Waals surface area (Å²) in [6.45, 7) is 3.07. The molecule has 2 aromatic rings. The van der Waals surface area contributed by atoms with Gasteiger partial charge >= 0.3 is 0 Å². The third-order valence-corrected chi connectivity index (χ3v) is 3.83. The monoisotopic (exact) mass is 271 g/mol. The summed E-state index contributed by atoms with van der Waals surface area (Å²) in [5.41, 5.74) is 1.80. The van der Waals surface area contributed by atoms with Crippen LogP contribution >= 0.6 is 0 Å². The van der Waals surface area contributed by atoms with Gasteiger partial charge in [-0.15, -0.1) is 0 Å². The van der Waals surface area contributed by atoms with E-state index in [9.17, 15) is 0 Å². The van der Waals surface area contributed by atoms with Crippen LogP contribution in [0.3, 0.4) is 0 Å². The summed E-state index contributed by atoms with van der Waals surface area (Å²) in [5.74, 6) is 1.44. The van der Waals surface area contributed by atoms with E-state index in [1.807, 2.05) is 24.3 Å². The average Bonchev–Trinajstić information content (AvgIpc) is 2.52. The quantitative estimate of drug-likeness (QED) is 0.849. The molecular weight excluding hydrogens is 250 g/mol. The van der Waals surface area contributed by atoms with Crippen molar-refractivity contribution >= 4 is 11.0 Å². The second-order valence-corrected chi connectivity index (χ2v) is 5.40. The predicted molar refractivity (Wildman–Crippen MR) is 79.9 cm³/mol. The smallest absolute Gasteiger partial charge is 0.232 e. The Morgan fingerprint density at radius 1 is 1.25 bits per heavy atom. The minimum atomic E-state index is 0.630. The minimum Gasteiger partial charge on any atom is -0.477 e. The van der Waals surface area contributed by atoms with E-state index in [1.54, 1.807) is 6.20 Å². The van der Waals surface area contributed by atoms with Crippen LogP contribution in [0.5, 0.6) is 5.88 Å². The van der Waals surface area contributed by atoms with Crippen molar-refractivity contribution in [1.29, 1.82) is 0 Å². The lowest BCUT2D eigenvalue weighted by atomic mass is 9.95. The molecule has 0 aliphatic carbocycles. The zero-order chi connectivity index (χ0) is 13.6. The normalized spacial score (nSPS) is 19.1. The van der Waals surface area contributed by atoms with E-state index in [-0.39, 0.29) is 0 Å². The number of hydrogen-bond acceptors (Lipinski definition) is 4. The highest BCUT2D eigenvalue weighted by molar-refractivity contribution is 5.73. The van der Waals surface area contributed by atoms with Crippen LogP contribution in [-0.2, 0) is 0 Å². The largest absolute Gasteiger partial charge is 0.477 e. The number of para-hydroxylation sites is 2. The molecule has 0 radical (unpaired) electrons. The van der Waals surface area contributed by atoms with Crippen LogP contribution in [0, 0.1) is 5.92 Å². The number of piperidine rings is 1. The number of rotatable bonds is 5. The summed E-state index contributed by atoms with van der Waals surface area (Å²) in [6, 6.07) is 7.86. The Morgan fingerprint density at radius 2 is 2.15 bits per heavy atom. The van der Waals surface area contributed by atoms with Crippen molar-refractivity contribution in [3.8, 4) is 5.88 Å². The van der Waals surface area contributed by atoms with Crippen LogP contribution < -0.4 is 10.1 Å². The van der Waals surface area contributed by atoms with E-state index < -0.39 is 0 Å².